The van der Waals surface area contributed by atoms with Gasteiger partial charge in [0.25, 0.3) is 0 Å². The van der Waals surface area contributed by atoms with Crippen LogP contribution in [0.15, 0.2) is 18.3 Å². The zero-order valence-electron chi connectivity index (χ0n) is 10.4. The number of aromatic nitrogens is 1. The number of rotatable bonds is 3. The maximum Gasteiger partial charge on any atom is 0.0957 e. The molecule has 2 N–H and O–H groups in total. The summed E-state index contributed by atoms with van der Waals surface area (Å²) in [4.78, 5) is 6.39. The van der Waals surface area contributed by atoms with Crippen LogP contribution in [0, 0.1) is 0 Å². The number of hydrogen-bond donors (Lipinski definition) is 2. The molecular weight excluding hydrogens is 216 g/mol. The minimum absolute atomic E-state index is 0.481. The van der Waals surface area contributed by atoms with Crippen molar-refractivity contribution in [2.45, 2.75) is 38.4 Å². The number of anilines is 1. The van der Waals surface area contributed by atoms with E-state index in [9.17, 15) is 10.2 Å². The van der Waals surface area contributed by atoms with Crippen molar-refractivity contribution < 1.29 is 10.2 Å². The van der Waals surface area contributed by atoms with E-state index < -0.39 is 11.7 Å². The van der Waals surface area contributed by atoms with Crippen LogP contribution in [0.2, 0.25) is 0 Å². The van der Waals surface area contributed by atoms with Gasteiger partial charge in [-0.1, -0.05) is 6.92 Å². The maximum atomic E-state index is 9.90. The highest BCUT2D eigenvalue weighted by molar-refractivity contribution is 5.46. The normalized spacial score (nSPS) is 26.2. The highest BCUT2D eigenvalue weighted by Gasteiger charge is 2.31. The highest BCUT2D eigenvalue weighted by atomic mass is 16.3. The van der Waals surface area contributed by atoms with E-state index in [-0.39, 0.29) is 0 Å². The summed E-state index contributed by atoms with van der Waals surface area (Å²) in [7, 11) is 0. The van der Waals surface area contributed by atoms with Crippen LogP contribution >= 0.6 is 0 Å². The van der Waals surface area contributed by atoms with Crippen LogP contribution < -0.4 is 4.90 Å². The molecule has 1 aliphatic heterocycles. The van der Waals surface area contributed by atoms with E-state index in [4.69, 9.17) is 0 Å². The number of nitrogens with zero attached hydrogens (tertiary/aromatic N) is 2. The SMILES string of the molecule is CCC(O)c1ccc(N2CCC(C)(O)C2)cn1. The molecule has 1 fully saturated rings. The second-order valence-electron chi connectivity index (χ2n) is 5.03. The number of aliphatic hydroxyl groups excluding tert-OH is 1. The first-order chi connectivity index (χ1) is 8.02. The Labute approximate surface area is 102 Å². The molecule has 4 nitrogen and oxygen atoms in total. The first kappa shape index (κ1) is 12.3. The van der Waals surface area contributed by atoms with Crippen LogP contribution in [0.3, 0.4) is 0 Å². The number of aliphatic hydroxyl groups is 2. The topological polar surface area (TPSA) is 56.6 Å². The van der Waals surface area contributed by atoms with Crippen molar-refractivity contribution >= 4 is 5.69 Å². The van der Waals surface area contributed by atoms with Crippen molar-refractivity contribution in [2.75, 3.05) is 18.0 Å². The Hall–Kier alpha value is -1.13. The molecule has 0 saturated carbocycles. The Morgan fingerprint density at radius 3 is 2.76 bits per heavy atom. The van der Waals surface area contributed by atoms with Crippen molar-refractivity contribution in [1.82, 2.24) is 4.98 Å². The van der Waals surface area contributed by atoms with Gasteiger partial charge in [-0.05, 0) is 31.9 Å². The highest BCUT2D eigenvalue weighted by Crippen LogP contribution is 2.26. The van der Waals surface area contributed by atoms with Crippen molar-refractivity contribution in [2.24, 2.45) is 0 Å². The van der Waals surface area contributed by atoms with E-state index in [1.54, 1.807) is 6.20 Å². The van der Waals surface area contributed by atoms with Gasteiger partial charge in [-0.25, -0.2) is 0 Å². The molecule has 2 unspecified atom stereocenters. The van der Waals surface area contributed by atoms with Gasteiger partial charge in [-0.3, -0.25) is 4.98 Å². The predicted molar refractivity (Wildman–Crippen MR) is 66.9 cm³/mol. The maximum absolute atomic E-state index is 9.90. The first-order valence-electron chi connectivity index (χ1n) is 6.13. The molecule has 17 heavy (non-hydrogen) atoms. The smallest absolute Gasteiger partial charge is 0.0957 e. The van der Waals surface area contributed by atoms with Crippen LogP contribution in [-0.4, -0.2) is 33.9 Å². The molecule has 2 rings (SSSR count). The van der Waals surface area contributed by atoms with Crippen molar-refractivity contribution in [1.29, 1.82) is 0 Å². The minimum atomic E-state index is -0.596. The van der Waals surface area contributed by atoms with Crippen LogP contribution in [-0.2, 0) is 0 Å². The lowest BCUT2D eigenvalue weighted by Crippen LogP contribution is -2.29. The fourth-order valence-electron chi connectivity index (χ4n) is 2.16. The summed E-state index contributed by atoms with van der Waals surface area (Å²) in [6.45, 7) is 5.28. The van der Waals surface area contributed by atoms with Crippen LogP contribution in [0.4, 0.5) is 5.69 Å². The van der Waals surface area contributed by atoms with Crippen LogP contribution in [0.1, 0.15) is 38.5 Å². The molecule has 1 aromatic heterocycles. The van der Waals surface area contributed by atoms with E-state index in [2.05, 4.69) is 9.88 Å². The molecule has 94 valence electrons. The van der Waals surface area contributed by atoms with E-state index in [0.717, 1.165) is 18.7 Å². The summed E-state index contributed by atoms with van der Waals surface area (Å²) in [5.41, 5.74) is 1.12. The molecule has 2 heterocycles. The number of β-amino-alcohol motifs (C(OH)–C–C–N with tert-alkyl or cyclic N) is 1. The second-order valence-corrected chi connectivity index (χ2v) is 5.03. The van der Waals surface area contributed by atoms with Gasteiger partial charge in [-0.15, -0.1) is 0 Å². The van der Waals surface area contributed by atoms with Crippen LogP contribution in [0.25, 0.3) is 0 Å². The fraction of sp³-hybridized carbons (Fsp3) is 0.615. The predicted octanol–water partition coefficient (Wildman–Crippen LogP) is 1.49. The average Bonchev–Trinajstić information content (AvgIpc) is 2.69. The molecule has 4 heteroatoms. The van der Waals surface area contributed by atoms with Gasteiger partial charge in [-0.2, -0.15) is 0 Å². The zero-order valence-corrected chi connectivity index (χ0v) is 10.4. The lowest BCUT2D eigenvalue weighted by molar-refractivity contribution is 0.0839. The molecule has 1 aromatic rings. The summed E-state index contributed by atoms with van der Waals surface area (Å²) < 4.78 is 0. The molecule has 0 aromatic carbocycles. The lowest BCUT2D eigenvalue weighted by Gasteiger charge is -2.20. The van der Waals surface area contributed by atoms with E-state index in [0.29, 0.717) is 18.7 Å². The molecule has 2 atom stereocenters. The standard InChI is InChI=1S/C13H20N2O2/c1-3-12(16)11-5-4-10(8-14-11)15-7-6-13(2,17)9-15/h4-5,8,12,16-17H,3,6-7,9H2,1-2H3. The van der Waals surface area contributed by atoms with Crippen molar-refractivity contribution in [3.05, 3.63) is 24.0 Å². The zero-order chi connectivity index (χ0) is 12.5. The van der Waals surface area contributed by atoms with Crippen molar-refractivity contribution in [3.63, 3.8) is 0 Å². The Kier molecular flexibility index (Phi) is 3.35. The van der Waals surface area contributed by atoms with Gasteiger partial charge >= 0.3 is 0 Å². The summed E-state index contributed by atoms with van der Waals surface area (Å²) in [5, 5.41) is 19.6. The Morgan fingerprint density at radius 2 is 2.29 bits per heavy atom. The summed E-state index contributed by atoms with van der Waals surface area (Å²) in [5.74, 6) is 0. The van der Waals surface area contributed by atoms with Gasteiger partial charge in [0, 0.05) is 13.1 Å². The monoisotopic (exact) mass is 236 g/mol. The first-order valence-corrected chi connectivity index (χ1v) is 6.13. The molecule has 0 amide bonds. The van der Waals surface area contributed by atoms with Crippen LogP contribution in [0.5, 0.6) is 0 Å². The average molecular weight is 236 g/mol. The lowest BCUT2D eigenvalue weighted by atomic mass is 10.1. The third kappa shape index (κ3) is 2.76. The minimum Gasteiger partial charge on any atom is -0.388 e. The largest absolute Gasteiger partial charge is 0.388 e. The third-order valence-electron chi connectivity index (χ3n) is 3.32. The van der Waals surface area contributed by atoms with Gasteiger partial charge < -0.3 is 15.1 Å². The van der Waals surface area contributed by atoms with Gasteiger partial charge in [0.1, 0.15) is 0 Å². The number of hydrogen-bond acceptors (Lipinski definition) is 4. The van der Waals surface area contributed by atoms with Crippen molar-refractivity contribution in [3.8, 4) is 0 Å². The third-order valence-corrected chi connectivity index (χ3v) is 3.32. The Morgan fingerprint density at radius 1 is 1.53 bits per heavy atom. The fourth-order valence-corrected chi connectivity index (χ4v) is 2.16. The molecule has 1 saturated heterocycles. The van der Waals surface area contributed by atoms with Gasteiger partial charge in [0.15, 0.2) is 0 Å². The second kappa shape index (κ2) is 4.63. The van der Waals surface area contributed by atoms with Gasteiger partial charge in [0.05, 0.1) is 29.3 Å². The molecular formula is C13H20N2O2. The Balaban J connectivity index is 2.09. The molecule has 0 radical (unpaired) electrons. The quantitative estimate of drug-likeness (QED) is 0.834. The molecule has 0 bridgehead atoms. The summed E-state index contributed by atoms with van der Waals surface area (Å²) in [6, 6.07) is 3.82. The molecule has 0 spiro atoms. The van der Waals surface area contributed by atoms with E-state index in [1.165, 1.54) is 0 Å². The van der Waals surface area contributed by atoms with Gasteiger partial charge in [0.2, 0.25) is 0 Å². The molecule has 1 aliphatic rings. The van der Waals surface area contributed by atoms with E-state index >= 15 is 0 Å². The Bertz CT molecular complexity index is 376. The summed E-state index contributed by atoms with van der Waals surface area (Å²) in [6.07, 6.45) is 2.75. The van der Waals surface area contributed by atoms with E-state index in [1.807, 2.05) is 26.0 Å². The summed E-state index contributed by atoms with van der Waals surface area (Å²) >= 11 is 0. The molecule has 0 aliphatic carbocycles. The number of pyridine rings is 1.